The zero-order chi connectivity index (χ0) is 23.7. The fraction of sp³-hybridized carbons (Fsp3) is 0.407. The predicted molar refractivity (Wildman–Crippen MR) is 133 cm³/mol. The lowest BCUT2D eigenvalue weighted by Crippen LogP contribution is -2.41. The lowest BCUT2D eigenvalue weighted by molar-refractivity contribution is 0.0377. The first kappa shape index (κ1) is 23.1. The van der Waals surface area contributed by atoms with Gasteiger partial charge in [0, 0.05) is 54.4 Å². The molecule has 1 fully saturated rings. The number of esters is 1. The summed E-state index contributed by atoms with van der Waals surface area (Å²) >= 11 is 0. The van der Waals surface area contributed by atoms with Crippen LogP contribution in [0.25, 0.3) is 22.3 Å². The highest BCUT2D eigenvalue weighted by atomic mass is 16.5. The fourth-order valence-electron chi connectivity index (χ4n) is 4.69. The average Bonchev–Trinajstić information content (AvgIpc) is 3.22. The van der Waals surface area contributed by atoms with E-state index in [0.29, 0.717) is 11.6 Å². The molecule has 1 aliphatic rings. The van der Waals surface area contributed by atoms with Crippen molar-refractivity contribution in [3.8, 4) is 11.1 Å². The Kier molecular flexibility index (Phi) is 6.56. The van der Waals surface area contributed by atoms with Crippen LogP contribution in [0.15, 0.2) is 49.4 Å². The molecule has 0 atom stereocenters. The molecule has 0 radical (unpaired) electrons. The van der Waals surface area contributed by atoms with Crippen molar-refractivity contribution in [2.45, 2.75) is 45.8 Å². The minimum Gasteiger partial charge on any atom is -0.459 e. The first-order valence-electron chi connectivity index (χ1n) is 11.6. The molecule has 174 valence electrons. The van der Waals surface area contributed by atoms with Crippen LogP contribution in [0, 0.1) is 6.92 Å². The SMILES string of the molecule is C=C(c1c(C)c(C(=O)OC(C)C)cc2cc(-c3cccnc3)cn12)N1CCC(N(C)C)CC1. The second-order valence-electron chi connectivity index (χ2n) is 9.38. The van der Waals surface area contributed by atoms with Gasteiger partial charge in [-0.1, -0.05) is 12.6 Å². The molecule has 1 aliphatic heterocycles. The minimum absolute atomic E-state index is 0.178. The average molecular weight is 447 g/mol. The quantitative estimate of drug-likeness (QED) is 0.506. The van der Waals surface area contributed by atoms with Crippen molar-refractivity contribution in [3.63, 3.8) is 0 Å². The second kappa shape index (κ2) is 9.40. The number of rotatable bonds is 6. The van der Waals surface area contributed by atoms with E-state index >= 15 is 0 Å². The number of likely N-dealkylation sites (tertiary alicyclic amines) is 1. The third kappa shape index (κ3) is 4.67. The van der Waals surface area contributed by atoms with E-state index in [2.05, 4.69) is 52.1 Å². The van der Waals surface area contributed by atoms with Gasteiger partial charge < -0.3 is 18.9 Å². The van der Waals surface area contributed by atoms with Crippen molar-refractivity contribution in [2.75, 3.05) is 27.2 Å². The van der Waals surface area contributed by atoms with Gasteiger partial charge >= 0.3 is 5.97 Å². The number of nitrogens with zero attached hydrogens (tertiary/aromatic N) is 4. The van der Waals surface area contributed by atoms with E-state index < -0.39 is 0 Å². The first-order chi connectivity index (χ1) is 15.8. The van der Waals surface area contributed by atoms with Crippen molar-refractivity contribution in [1.82, 2.24) is 19.2 Å². The number of hydrogen-bond donors (Lipinski definition) is 0. The Bertz CT molecular complexity index is 1160. The molecule has 0 saturated carbocycles. The molecule has 4 heterocycles. The minimum atomic E-state index is -0.297. The molecule has 0 aliphatic carbocycles. The summed E-state index contributed by atoms with van der Waals surface area (Å²) in [6, 6.07) is 8.59. The van der Waals surface area contributed by atoms with Gasteiger partial charge in [0.2, 0.25) is 0 Å². The maximum Gasteiger partial charge on any atom is 0.338 e. The Balaban J connectivity index is 1.80. The first-order valence-corrected chi connectivity index (χ1v) is 11.6. The second-order valence-corrected chi connectivity index (χ2v) is 9.38. The zero-order valence-electron chi connectivity index (χ0n) is 20.3. The van der Waals surface area contributed by atoms with Crippen LogP contribution < -0.4 is 0 Å². The summed E-state index contributed by atoms with van der Waals surface area (Å²) in [5.41, 5.74) is 6.41. The van der Waals surface area contributed by atoms with Gasteiger partial charge in [0.1, 0.15) is 0 Å². The van der Waals surface area contributed by atoms with E-state index in [0.717, 1.165) is 59.5 Å². The molecular weight excluding hydrogens is 412 g/mol. The normalized spacial score (nSPS) is 14.9. The monoisotopic (exact) mass is 446 g/mol. The molecule has 0 aromatic carbocycles. The van der Waals surface area contributed by atoms with Gasteiger partial charge in [-0.2, -0.15) is 0 Å². The molecule has 0 unspecified atom stereocenters. The van der Waals surface area contributed by atoms with E-state index in [1.807, 2.05) is 45.2 Å². The summed E-state index contributed by atoms with van der Waals surface area (Å²) in [6.07, 6.45) is 7.75. The Morgan fingerprint density at radius 1 is 1.21 bits per heavy atom. The summed E-state index contributed by atoms with van der Waals surface area (Å²) in [5.74, 6) is -0.297. The lowest BCUT2D eigenvalue weighted by Gasteiger charge is -2.38. The molecule has 33 heavy (non-hydrogen) atoms. The summed E-state index contributed by atoms with van der Waals surface area (Å²) in [4.78, 5) is 21.9. The standard InChI is InChI=1S/C27H34N4O2/c1-18(2)33-27(32)25-15-24-14-22(21-8-7-11-28-16-21)17-31(24)26(19(25)3)20(4)30-12-9-23(10-13-30)29(5)6/h7-8,11,14-18,23H,4,9-10,12-13H2,1-3,5-6H3. The fourth-order valence-corrected chi connectivity index (χ4v) is 4.69. The molecule has 4 rings (SSSR count). The molecule has 6 nitrogen and oxygen atoms in total. The van der Waals surface area contributed by atoms with Crippen molar-refractivity contribution in [1.29, 1.82) is 0 Å². The number of ether oxygens (including phenoxy) is 1. The van der Waals surface area contributed by atoms with Gasteiger partial charge in [-0.3, -0.25) is 4.98 Å². The van der Waals surface area contributed by atoms with Gasteiger partial charge in [0.25, 0.3) is 0 Å². The Morgan fingerprint density at radius 2 is 1.94 bits per heavy atom. The largest absolute Gasteiger partial charge is 0.459 e. The molecule has 0 amide bonds. The van der Waals surface area contributed by atoms with Crippen LogP contribution in [0.2, 0.25) is 0 Å². The van der Waals surface area contributed by atoms with Crippen LogP contribution in [0.1, 0.15) is 48.3 Å². The number of piperidine rings is 1. The van der Waals surface area contributed by atoms with Crippen molar-refractivity contribution in [2.24, 2.45) is 0 Å². The van der Waals surface area contributed by atoms with Gasteiger partial charge in [0.05, 0.1) is 23.1 Å². The van der Waals surface area contributed by atoms with Crippen LogP contribution >= 0.6 is 0 Å². The van der Waals surface area contributed by atoms with Crippen molar-refractivity contribution >= 4 is 17.2 Å². The van der Waals surface area contributed by atoms with Gasteiger partial charge in [-0.15, -0.1) is 0 Å². The third-order valence-electron chi connectivity index (χ3n) is 6.55. The maximum atomic E-state index is 13.0. The van der Waals surface area contributed by atoms with Crippen LogP contribution in [-0.4, -0.2) is 64.5 Å². The number of carbonyl (C=O) groups is 1. The number of pyridine rings is 2. The highest BCUT2D eigenvalue weighted by Gasteiger charge is 2.26. The summed E-state index contributed by atoms with van der Waals surface area (Å²) in [5, 5.41) is 0. The smallest absolute Gasteiger partial charge is 0.338 e. The van der Waals surface area contributed by atoms with E-state index in [9.17, 15) is 4.79 Å². The lowest BCUT2D eigenvalue weighted by atomic mass is 10.0. The number of carbonyl (C=O) groups excluding carboxylic acids is 1. The highest BCUT2D eigenvalue weighted by Crippen LogP contribution is 2.32. The van der Waals surface area contributed by atoms with E-state index in [-0.39, 0.29) is 12.1 Å². The van der Waals surface area contributed by atoms with Crippen LogP contribution in [0.4, 0.5) is 0 Å². The Labute approximate surface area is 196 Å². The zero-order valence-corrected chi connectivity index (χ0v) is 20.3. The van der Waals surface area contributed by atoms with Gasteiger partial charge in [0.15, 0.2) is 0 Å². The Morgan fingerprint density at radius 3 is 2.55 bits per heavy atom. The van der Waals surface area contributed by atoms with Crippen molar-refractivity contribution < 1.29 is 9.53 Å². The van der Waals surface area contributed by atoms with Gasteiger partial charge in [-0.25, -0.2) is 4.79 Å². The van der Waals surface area contributed by atoms with E-state index in [1.54, 1.807) is 6.20 Å². The number of aromatic nitrogens is 2. The van der Waals surface area contributed by atoms with E-state index in [4.69, 9.17) is 4.74 Å². The molecule has 3 aromatic heterocycles. The molecule has 0 N–H and O–H groups in total. The highest BCUT2D eigenvalue weighted by molar-refractivity contribution is 5.94. The molecule has 0 bridgehead atoms. The maximum absolute atomic E-state index is 13.0. The molecule has 6 heteroatoms. The molecule has 0 spiro atoms. The number of fused-ring (bicyclic) bond motifs is 1. The molecule has 1 saturated heterocycles. The topological polar surface area (TPSA) is 50.1 Å². The predicted octanol–water partition coefficient (Wildman–Crippen LogP) is 4.87. The third-order valence-corrected chi connectivity index (χ3v) is 6.55. The molecular formula is C27H34N4O2. The van der Waals surface area contributed by atoms with Gasteiger partial charge in [-0.05, 0) is 71.5 Å². The van der Waals surface area contributed by atoms with Crippen LogP contribution in [0.5, 0.6) is 0 Å². The molecule has 3 aromatic rings. The van der Waals surface area contributed by atoms with Crippen molar-refractivity contribution in [3.05, 3.63) is 66.3 Å². The Hall–Kier alpha value is -3.12. The summed E-state index contributed by atoms with van der Waals surface area (Å²) in [6.45, 7) is 12.1. The van der Waals surface area contributed by atoms with E-state index in [1.165, 1.54) is 0 Å². The van der Waals surface area contributed by atoms with Crippen LogP contribution in [0.3, 0.4) is 0 Å². The summed E-state index contributed by atoms with van der Waals surface area (Å²) in [7, 11) is 4.29. The number of hydrogen-bond acceptors (Lipinski definition) is 5. The summed E-state index contributed by atoms with van der Waals surface area (Å²) < 4.78 is 7.73. The van der Waals surface area contributed by atoms with Crippen LogP contribution in [-0.2, 0) is 4.74 Å².